The van der Waals surface area contributed by atoms with Crippen molar-refractivity contribution in [2.45, 2.75) is 33.3 Å². The molecule has 3 heteroatoms. The molecule has 0 aliphatic rings. The van der Waals surface area contributed by atoms with Crippen LogP contribution in [0.4, 0.5) is 0 Å². The number of aliphatic carboxylic acids is 1. The summed E-state index contributed by atoms with van der Waals surface area (Å²) in [4.78, 5) is 10.2. The summed E-state index contributed by atoms with van der Waals surface area (Å²) in [6, 6.07) is 0. The highest BCUT2D eigenvalue weighted by Crippen LogP contribution is 2.01. The second-order valence-corrected chi connectivity index (χ2v) is 3.14. The Kier molecular flexibility index (Phi) is 4.86. The minimum absolute atomic E-state index is 0.0900. The lowest BCUT2D eigenvalue weighted by molar-refractivity contribution is -0.140. The highest BCUT2D eigenvalue weighted by Gasteiger charge is 2.07. The minimum Gasteiger partial charge on any atom is -0.481 e. The van der Waals surface area contributed by atoms with Gasteiger partial charge in [0, 0.05) is 6.61 Å². The monoisotopic (exact) mass is 160 g/mol. The number of hydrogen-bond acceptors (Lipinski definition) is 2. The molecule has 0 rings (SSSR count). The molecule has 0 saturated heterocycles. The molecule has 1 unspecified atom stereocenters. The lowest BCUT2D eigenvalue weighted by atomic mass is 10.2. The average molecular weight is 160 g/mol. The molecular formula is C8H16O3. The van der Waals surface area contributed by atoms with Crippen molar-refractivity contribution in [1.29, 1.82) is 0 Å². The van der Waals surface area contributed by atoms with Crippen molar-refractivity contribution in [1.82, 2.24) is 0 Å². The van der Waals surface area contributed by atoms with E-state index in [4.69, 9.17) is 9.84 Å². The van der Waals surface area contributed by atoms with Gasteiger partial charge in [-0.25, -0.2) is 0 Å². The summed E-state index contributed by atoms with van der Waals surface area (Å²) >= 11 is 0. The molecule has 0 aromatic rings. The Morgan fingerprint density at radius 1 is 1.45 bits per heavy atom. The zero-order valence-corrected chi connectivity index (χ0v) is 7.33. The van der Waals surface area contributed by atoms with Crippen LogP contribution in [0.3, 0.4) is 0 Å². The molecule has 1 atom stereocenters. The Labute approximate surface area is 67.4 Å². The summed E-state index contributed by atoms with van der Waals surface area (Å²) < 4.78 is 5.23. The van der Waals surface area contributed by atoms with Gasteiger partial charge in [-0.15, -0.1) is 0 Å². The highest BCUT2D eigenvalue weighted by atomic mass is 16.5. The Morgan fingerprint density at radius 3 is 2.36 bits per heavy atom. The van der Waals surface area contributed by atoms with Crippen LogP contribution in [0.2, 0.25) is 0 Å². The van der Waals surface area contributed by atoms with E-state index < -0.39 is 5.97 Å². The van der Waals surface area contributed by atoms with Gasteiger partial charge in [0.15, 0.2) is 0 Å². The van der Waals surface area contributed by atoms with E-state index in [0.29, 0.717) is 12.5 Å². The third-order valence-electron chi connectivity index (χ3n) is 1.18. The molecule has 1 N–H and O–H groups in total. The highest BCUT2D eigenvalue weighted by molar-refractivity contribution is 5.67. The van der Waals surface area contributed by atoms with Crippen LogP contribution in [0, 0.1) is 5.92 Å². The van der Waals surface area contributed by atoms with Crippen molar-refractivity contribution in [2.24, 2.45) is 5.92 Å². The lowest BCUT2D eigenvalue weighted by Crippen LogP contribution is -2.16. The zero-order valence-electron chi connectivity index (χ0n) is 7.33. The maximum atomic E-state index is 10.2. The Balaban J connectivity index is 3.37. The van der Waals surface area contributed by atoms with E-state index in [9.17, 15) is 4.79 Å². The van der Waals surface area contributed by atoms with Crippen LogP contribution in [-0.2, 0) is 9.53 Å². The molecule has 0 aromatic carbocycles. The first-order chi connectivity index (χ1) is 5.02. The van der Waals surface area contributed by atoms with Crippen LogP contribution >= 0.6 is 0 Å². The summed E-state index contributed by atoms with van der Waals surface area (Å²) in [6.07, 6.45) is -0.0814. The topological polar surface area (TPSA) is 46.5 Å². The third kappa shape index (κ3) is 7.33. The maximum absolute atomic E-state index is 10.2. The Hall–Kier alpha value is -0.570. The van der Waals surface area contributed by atoms with Gasteiger partial charge in [-0.2, -0.15) is 0 Å². The third-order valence-corrected chi connectivity index (χ3v) is 1.18. The molecule has 0 aliphatic carbocycles. The molecule has 0 bridgehead atoms. The number of rotatable bonds is 5. The van der Waals surface area contributed by atoms with Crippen LogP contribution in [0.25, 0.3) is 0 Å². The largest absolute Gasteiger partial charge is 0.481 e. The van der Waals surface area contributed by atoms with Gasteiger partial charge in [0.2, 0.25) is 0 Å². The summed E-state index contributed by atoms with van der Waals surface area (Å²) in [5.74, 6) is -0.340. The van der Waals surface area contributed by atoms with Gasteiger partial charge in [-0.1, -0.05) is 13.8 Å². The molecule has 0 aliphatic heterocycles. The molecule has 0 heterocycles. The van der Waals surface area contributed by atoms with E-state index in [1.54, 1.807) is 6.92 Å². The predicted octanol–water partition coefficient (Wildman–Crippen LogP) is 1.52. The molecule has 11 heavy (non-hydrogen) atoms. The summed E-state index contributed by atoms with van der Waals surface area (Å²) in [5, 5.41) is 8.37. The van der Waals surface area contributed by atoms with Crippen LogP contribution in [0.15, 0.2) is 0 Å². The second kappa shape index (κ2) is 5.13. The normalized spacial score (nSPS) is 13.5. The number of hydrogen-bond donors (Lipinski definition) is 1. The van der Waals surface area contributed by atoms with Gasteiger partial charge in [-0.05, 0) is 12.8 Å². The number of carbonyl (C=O) groups is 1. The standard InChI is InChI=1S/C8H16O3/c1-6(2)5-11-7(3)4-8(9)10/h6-7H,4-5H2,1-3H3,(H,9,10). The van der Waals surface area contributed by atoms with E-state index in [1.165, 1.54) is 0 Å². The maximum Gasteiger partial charge on any atom is 0.305 e. The summed E-state index contributed by atoms with van der Waals surface area (Å²) in [6.45, 7) is 6.48. The smallest absolute Gasteiger partial charge is 0.305 e. The van der Waals surface area contributed by atoms with E-state index in [2.05, 4.69) is 0 Å². The molecule has 0 aromatic heterocycles. The molecule has 0 spiro atoms. The van der Waals surface area contributed by atoms with Crippen LogP contribution in [0.1, 0.15) is 27.2 Å². The van der Waals surface area contributed by atoms with Gasteiger partial charge in [-0.3, -0.25) is 4.79 Å². The van der Waals surface area contributed by atoms with Gasteiger partial charge in [0.25, 0.3) is 0 Å². The van der Waals surface area contributed by atoms with Crippen LogP contribution in [-0.4, -0.2) is 23.8 Å². The zero-order chi connectivity index (χ0) is 8.85. The lowest BCUT2D eigenvalue weighted by Gasteiger charge is -2.11. The molecule has 0 amide bonds. The van der Waals surface area contributed by atoms with Crippen molar-refractivity contribution in [3.8, 4) is 0 Å². The number of ether oxygens (including phenoxy) is 1. The Bertz CT molecular complexity index is 121. The van der Waals surface area contributed by atoms with Crippen LogP contribution in [0.5, 0.6) is 0 Å². The average Bonchev–Trinajstić information content (AvgIpc) is 1.82. The van der Waals surface area contributed by atoms with E-state index in [0.717, 1.165) is 0 Å². The SMILES string of the molecule is CC(C)COC(C)CC(=O)O. The molecule has 3 nitrogen and oxygen atoms in total. The Morgan fingerprint density at radius 2 is 2.00 bits per heavy atom. The number of carboxylic acids is 1. The molecular weight excluding hydrogens is 144 g/mol. The van der Waals surface area contributed by atoms with Crippen molar-refractivity contribution in [3.63, 3.8) is 0 Å². The molecule has 0 saturated carbocycles. The van der Waals surface area contributed by atoms with E-state index >= 15 is 0 Å². The fourth-order valence-corrected chi connectivity index (χ4v) is 0.662. The van der Waals surface area contributed by atoms with E-state index in [-0.39, 0.29) is 12.5 Å². The predicted molar refractivity (Wildman–Crippen MR) is 42.5 cm³/mol. The van der Waals surface area contributed by atoms with Crippen LogP contribution < -0.4 is 0 Å². The molecule has 0 fully saturated rings. The van der Waals surface area contributed by atoms with Crippen molar-refractivity contribution in [3.05, 3.63) is 0 Å². The van der Waals surface area contributed by atoms with Crippen molar-refractivity contribution >= 4 is 5.97 Å². The van der Waals surface area contributed by atoms with Gasteiger partial charge < -0.3 is 9.84 Å². The van der Waals surface area contributed by atoms with Crippen molar-refractivity contribution in [2.75, 3.05) is 6.61 Å². The summed E-state index contributed by atoms with van der Waals surface area (Å²) in [7, 11) is 0. The van der Waals surface area contributed by atoms with Gasteiger partial charge in [0.1, 0.15) is 0 Å². The van der Waals surface area contributed by atoms with E-state index in [1.807, 2.05) is 13.8 Å². The first kappa shape index (κ1) is 10.4. The molecule has 66 valence electrons. The second-order valence-electron chi connectivity index (χ2n) is 3.14. The van der Waals surface area contributed by atoms with Gasteiger partial charge >= 0.3 is 5.97 Å². The molecule has 0 radical (unpaired) electrons. The van der Waals surface area contributed by atoms with Gasteiger partial charge in [0.05, 0.1) is 12.5 Å². The number of carboxylic acid groups (broad SMARTS) is 1. The quantitative estimate of drug-likeness (QED) is 0.663. The first-order valence-corrected chi connectivity index (χ1v) is 3.85. The fourth-order valence-electron chi connectivity index (χ4n) is 0.662. The fraction of sp³-hybridized carbons (Fsp3) is 0.875. The minimum atomic E-state index is -0.804. The van der Waals surface area contributed by atoms with Crippen molar-refractivity contribution < 1.29 is 14.6 Å². The first-order valence-electron chi connectivity index (χ1n) is 3.85. The summed E-state index contributed by atoms with van der Waals surface area (Å²) in [5.41, 5.74) is 0.